The van der Waals surface area contributed by atoms with E-state index in [9.17, 15) is 14.7 Å². The number of fused-ring (bicyclic) bond motifs is 1. The number of nitrogens with one attached hydrogen (secondary N) is 1. The molecule has 0 aliphatic carbocycles. The molecule has 1 heterocycles. The molecule has 0 aliphatic heterocycles. The predicted molar refractivity (Wildman–Crippen MR) is 107 cm³/mol. The summed E-state index contributed by atoms with van der Waals surface area (Å²) < 4.78 is 16.0. The van der Waals surface area contributed by atoms with Crippen LogP contribution in [-0.4, -0.2) is 36.7 Å². The third-order valence-electron chi connectivity index (χ3n) is 4.35. The number of rotatable bonds is 8. The fourth-order valence-corrected chi connectivity index (χ4v) is 2.93. The van der Waals surface area contributed by atoms with E-state index in [0.29, 0.717) is 29.7 Å². The van der Waals surface area contributed by atoms with Crippen molar-refractivity contribution >= 4 is 22.8 Å². The van der Waals surface area contributed by atoms with Gasteiger partial charge in [0.05, 0.1) is 19.2 Å². The molecule has 0 saturated carbocycles. The number of hydrogen-bond acceptors (Lipinski definition) is 6. The molecule has 2 N–H and O–H groups in total. The van der Waals surface area contributed by atoms with Gasteiger partial charge in [-0.1, -0.05) is 17.7 Å². The summed E-state index contributed by atoms with van der Waals surface area (Å²) >= 11 is 0. The maximum Gasteiger partial charge on any atom is 0.310 e. The van der Waals surface area contributed by atoms with Crippen molar-refractivity contribution in [3.05, 3.63) is 59.4 Å². The van der Waals surface area contributed by atoms with Gasteiger partial charge >= 0.3 is 5.97 Å². The number of furan rings is 1. The van der Waals surface area contributed by atoms with Crippen LogP contribution >= 0.6 is 0 Å². The molecule has 2 aromatic carbocycles. The second-order valence-corrected chi connectivity index (χ2v) is 6.75. The zero-order chi connectivity index (χ0) is 20.8. The number of carbonyl (C=O) groups is 2. The Kier molecular flexibility index (Phi) is 6.39. The van der Waals surface area contributed by atoms with Gasteiger partial charge in [-0.05, 0) is 37.6 Å². The first-order valence-corrected chi connectivity index (χ1v) is 9.24. The molecule has 0 fully saturated rings. The number of benzene rings is 2. The highest BCUT2D eigenvalue weighted by Crippen LogP contribution is 2.25. The molecule has 3 rings (SSSR count). The summed E-state index contributed by atoms with van der Waals surface area (Å²) in [4.78, 5) is 23.8. The molecule has 3 aromatic rings. The Balaban J connectivity index is 1.38. The van der Waals surface area contributed by atoms with Crippen molar-refractivity contribution in [2.24, 2.45) is 0 Å². The Morgan fingerprint density at radius 3 is 2.76 bits per heavy atom. The Morgan fingerprint density at radius 2 is 1.97 bits per heavy atom. The highest BCUT2D eigenvalue weighted by atomic mass is 16.5. The summed E-state index contributed by atoms with van der Waals surface area (Å²) in [5.41, 5.74) is 3.31. The molecule has 0 bridgehead atoms. The Bertz CT molecular complexity index is 1020. The quantitative estimate of drug-likeness (QED) is 0.448. The maximum atomic E-state index is 12.0. The van der Waals surface area contributed by atoms with Gasteiger partial charge in [-0.2, -0.15) is 0 Å². The van der Waals surface area contributed by atoms with Crippen LogP contribution in [0.3, 0.4) is 0 Å². The fourth-order valence-electron chi connectivity index (χ4n) is 2.93. The predicted octanol–water partition coefficient (Wildman–Crippen LogP) is 3.04. The number of aryl methyl sites for hydroxylation is 2. The van der Waals surface area contributed by atoms with Gasteiger partial charge in [-0.25, -0.2) is 0 Å². The van der Waals surface area contributed by atoms with Crippen LogP contribution in [0.1, 0.15) is 16.7 Å². The van der Waals surface area contributed by atoms with Gasteiger partial charge in [0.15, 0.2) is 6.61 Å². The molecule has 1 aromatic heterocycles. The highest BCUT2D eigenvalue weighted by Gasteiger charge is 2.13. The molecule has 0 radical (unpaired) electrons. The largest absolute Gasteiger partial charge is 0.508 e. The second-order valence-electron chi connectivity index (χ2n) is 6.75. The number of hydrogen-bond donors (Lipinski definition) is 2. The molecule has 0 aliphatic rings. The molecule has 0 unspecified atom stereocenters. The Morgan fingerprint density at radius 1 is 1.14 bits per heavy atom. The summed E-state index contributed by atoms with van der Waals surface area (Å²) in [5.74, 6) is -0.0805. The first-order chi connectivity index (χ1) is 13.9. The van der Waals surface area contributed by atoms with Gasteiger partial charge in [-0.3, -0.25) is 9.59 Å². The number of amides is 1. The molecule has 7 nitrogen and oxygen atoms in total. The summed E-state index contributed by atoms with van der Waals surface area (Å²) in [5, 5.41) is 12.8. The third kappa shape index (κ3) is 5.51. The number of carbonyl (C=O) groups excluding carboxylic acids is 2. The van der Waals surface area contributed by atoms with Gasteiger partial charge in [0, 0.05) is 17.0 Å². The van der Waals surface area contributed by atoms with Gasteiger partial charge in [0.1, 0.15) is 23.7 Å². The van der Waals surface area contributed by atoms with Crippen molar-refractivity contribution in [2.45, 2.75) is 20.3 Å². The molecule has 29 heavy (non-hydrogen) atoms. The molecular weight excluding hydrogens is 374 g/mol. The van der Waals surface area contributed by atoms with Crippen LogP contribution < -0.4 is 10.1 Å². The minimum absolute atomic E-state index is 0.0269. The van der Waals surface area contributed by atoms with Crippen LogP contribution in [0, 0.1) is 13.8 Å². The molecular formula is C22H23NO6. The average Bonchev–Trinajstić information content (AvgIpc) is 3.06. The lowest BCUT2D eigenvalue weighted by molar-refractivity contribution is -0.147. The van der Waals surface area contributed by atoms with E-state index < -0.39 is 11.9 Å². The SMILES string of the molecule is Cc1ccc(OCCNC(=O)COC(=O)Cc2coc3cc(O)ccc23)c(C)c1. The van der Waals surface area contributed by atoms with Gasteiger partial charge < -0.3 is 24.3 Å². The van der Waals surface area contributed by atoms with E-state index in [0.717, 1.165) is 16.9 Å². The number of ether oxygens (including phenoxy) is 2. The van der Waals surface area contributed by atoms with Crippen molar-refractivity contribution in [3.63, 3.8) is 0 Å². The van der Waals surface area contributed by atoms with E-state index in [2.05, 4.69) is 5.32 Å². The monoisotopic (exact) mass is 397 g/mol. The van der Waals surface area contributed by atoms with E-state index in [-0.39, 0.29) is 18.8 Å². The van der Waals surface area contributed by atoms with Crippen LogP contribution in [0.15, 0.2) is 47.1 Å². The van der Waals surface area contributed by atoms with Crippen LogP contribution in [-0.2, 0) is 20.7 Å². The fraction of sp³-hybridized carbons (Fsp3) is 0.273. The number of esters is 1. The van der Waals surface area contributed by atoms with Crippen LogP contribution in [0.4, 0.5) is 0 Å². The summed E-state index contributed by atoms with van der Waals surface area (Å²) in [7, 11) is 0. The second kappa shape index (κ2) is 9.14. The van der Waals surface area contributed by atoms with E-state index in [1.54, 1.807) is 6.07 Å². The molecule has 152 valence electrons. The van der Waals surface area contributed by atoms with Crippen molar-refractivity contribution in [1.29, 1.82) is 0 Å². The minimum Gasteiger partial charge on any atom is -0.508 e. The Hall–Kier alpha value is -3.48. The number of phenolic OH excluding ortho intramolecular Hbond substituents is 1. The van der Waals surface area contributed by atoms with Crippen molar-refractivity contribution < 1.29 is 28.6 Å². The molecule has 0 spiro atoms. The minimum atomic E-state index is -0.539. The van der Waals surface area contributed by atoms with E-state index >= 15 is 0 Å². The summed E-state index contributed by atoms with van der Waals surface area (Å²) in [6, 6.07) is 10.5. The van der Waals surface area contributed by atoms with Gasteiger partial charge in [-0.15, -0.1) is 0 Å². The van der Waals surface area contributed by atoms with Crippen LogP contribution in [0.5, 0.6) is 11.5 Å². The first kappa shape index (κ1) is 20.3. The zero-order valence-electron chi connectivity index (χ0n) is 16.4. The summed E-state index contributed by atoms with van der Waals surface area (Å²) in [6.45, 7) is 4.24. The van der Waals surface area contributed by atoms with E-state index in [1.165, 1.54) is 18.4 Å². The normalized spacial score (nSPS) is 10.7. The molecule has 0 saturated heterocycles. The van der Waals surface area contributed by atoms with Crippen molar-refractivity contribution in [3.8, 4) is 11.5 Å². The zero-order valence-corrected chi connectivity index (χ0v) is 16.4. The van der Waals surface area contributed by atoms with Crippen molar-refractivity contribution in [2.75, 3.05) is 19.8 Å². The Labute approximate surface area is 168 Å². The standard InChI is InChI=1S/C22H23NO6/c1-14-3-6-19(15(2)9-14)27-8-7-23-21(25)13-29-22(26)10-16-12-28-20-11-17(24)4-5-18(16)20/h3-6,9,11-12,24H,7-8,10,13H2,1-2H3,(H,23,25). The average molecular weight is 397 g/mol. The third-order valence-corrected chi connectivity index (χ3v) is 4.35. The highest BCUT2D eigenvalue weighted by molar-refractivity contribution is 5.87. The van der Waals surface area contributed by atoms with Crippen LogP contribution in [0.25, 0.3) is 11.0 Å². The van der Waals surface area contributed by atoms with Crippen molar-refractivity contribution in [1.82, 2.24) is 5.32 Å². The molecule has 1 amide bonds. The maximum absolute atomic E-state index is 12.0. The van der Waals surface area contributed by atoms with Crippen LogP contribution in [0.2, 0.25) is 0 Å². The lowest BCUT2D eigenvalue weighted by Crippen LogP contribution is -2.32. The number of aromatic hydroxyl groups is 1. The number of phenols is 1. The topological polar surface area (TPSA) is 98.0 Å². The smallest absolute Gasteiger partial charge is 0.310 e. The lowest BCUT2D eigenvalue weighted by atomic mass is 10.1. The molecule has 0 atom stereocenters. The van der Waals surface area contributed by atoms with Gasteiger partial charge in [0.25, 0.3) is 5.91 Å². The van der Waals surface area contributed by atoms with Gasteiger partial charge in [0.2, 0.25) is 0 Å². The summed E-state index contributed by atoms with van der Waals surface area (Å²) in [6.07, 6.45) is 1.41. The first-order valence-electron chi connectivity index (χ1n) is 9.24. The van der Waals surface area contributed by atoms with E-state index in [1.807, 2.05) is 32.0 Å². The van der Waals surface area contributed by atoms with E-state index in [4.69, 9.17) is 13.9 Å². The lowest BCUT2D eigenvalue weighted by Gasteiger charge is -2.10. The molecule has 7 heteroatoms.